The first kappa shape index (κ1) is 14.1. The molecule has 1 aromatic carbocycles. The highest BCUT2D eigenvalue weighted by atomic mass is 28.3. The number of aliphatic hydroxyl groups excluding tert-OH is 1. The molecule has 0 radical (unpaired) electrons. The minimum atomic E-state index is -1.33. The number of rotatable bonds is 1. The van der Waals surface area contributed by atoms with Crippen molar-refractivity contribution in [3.63, 3.8) is 0 Å². The number of hydrogen-bond acceptors (Lipinski definition) is 1. The van der Waals surface area contributed by atoms with Crippen molar-refractivity contribution in [3.05, 3.63) is 35.4 Å². The van der Waals surface area contributed by atoms with E-state index in [1.165, 1.54) is 0 Å². The lowest BCUT2D eigenvalue weighted by atomic mass is 10.1. The summed E-state index contributed by atoms with van der Waals surface area (Å²) in [7, 11) is -1.33. The van der Waals surface area contributed by atoms with Crippen LogP contribution in [-0.2, 0) is 6.61 Å². The first-order valence-corrected chi connectivity index (χ1v) is 9.24. The standard InChI is InChI=1S/C16H16OSi/c1-18(2,3)13-7-5-4-6-8-15-9-11-16(14-17)12-10-15/h9-12,17H,14H2,1-3H3. The van der Waals surface area contributed by atoms with Crippen LogP contribution in [0.15, 0.2) is 24.3 Å². The van der Waals surface area contributed by atoms with E-state index in [0.717, 1.165) is 11.1 Å². The van der Waals surface area contributed by atoms with Crippen LogP contribution in [0.1, 0.15) is 11.1 Å². The lowest BCUT2D eigenvalue weighted by Crippen LogP contribution is -2.16. The van der Waals surface area contributed by atoms with E-state index in [4.69, 9.17) is 5.11 Å². The third kappa shape index (κ3) is 5.97. The van der Waals surface area contributed by atoms with E-state index in [9.17, 15) is 0 Å². The summed E-state index contributed by atoms with van der Waals surface area (Å²) in [6, 6.07) is 7.44. The minimum Gasteiger partial charge on any atom is -0.392 e. The van der Waals surface area contributed by atoms with Crippen molar-refractivity contribution in [2.75, 3.05) is 0 Å². The Kier molecular flexibility index (Phi) is 5.28. The Labute approximate surface area is 110 Å². The summed E-state index contributed by atoms with van der Waals surface area (Å²) in [5.74, 6) is 14.0. The molecule has 0 aliphatic heterocycles. The molecule has 1 nitrogen and oxygen atoms in total. The summed E-state index contributed by atoms with van der Waals surface area (Å²) in [6.07, 6.45) is 0. The molecule has 0 unspecified atom stereocenters. The summed E-state index contributed by atoms with van der Waals surface area (Å²) >= 11 is 0. The van der Waals surface area contributed by atoms with Gasteiger partial charge in [0.15, 0.2) is 0 Å². The second-order valence-corrected chi connectivity index (χ2v) is 9.61. The van der Waals surface area contributed by atoms with Gasteiger partial charge in [-0.2, -0.15) is 0 Å². The molecule has 1 rings (SSSR count). The number of hydrogen-bond donors (Lipinski definition) is 1. The molecule has 0 bridgehead atoms. The van der Waals surface area contributed by atoms with Gasteiger partial charge in [0.05, 0.1) is 6.61 Å². The van der Waals surface area contributed by atoms with E-state index in [-0.39, 0.29) is 6.61 Å². The average Bonchev–Trinajstić information content (AvgIpc) is 2.33. The van der Waals surface area contributed by atoms with Crippen molar-refractivity contribution in [1.82, 2.24) is 0 Å². The van der Waals surface area contributed by atoms with Crippen LogP contribution in [0.2, 0.25) is 19.6 Å². The van der Waals surface area contributed by atoms with Crippen molar-refractivity contribution in [2.24, 2.45) is 0 Å². The molecule has 1 N–H and O–H groups in total. The van der Waals surface area contributed by atoms with Gasteiger partial charge in [0.25, 0.3) is 0 Å². The fourth-order valence-corrected chi connectivity index (χ4v) is 1.52. The van der Waals surface area contributed by atoms with E-state index >= 15 is 0 Å². The fourth-order valence-electron chi connectivity index (χ4n) is 1.08. The van der Waals surface area contributed by atoms with Crippen LogP contribution in [0, 0.1) is 35.1 Å². The molecule has 0 aliphatic carbocycles. The molecule has 18 heavy (non-hydrogen) atoms. The lowest BCUT2D eigenvalue weighted by molar-refractivity contribution is 0.282. The Hall–Kier alpha value is -1.92. The van der Waals surface area contributed by atoms with Gasteiger partial charge < -0.3 is 5.11 Å². The van der Waals surface area contributed by atoms with Gasteiger partial charge in [-0.3, -0.25) is 0 Å². The number of benzene rings is 1. The highest BCUT2D eigenvalue weighted by molar-refractivity contribution is 6.83. The predicted molar refractivity (Wildman–Crippen MR) is 78.1 cm³/mol. The van der Waals surface area contributed by atoms with Crippen molar-refractivity contribution < 1.29 is 5.11 Å². The summed E-state index contributed by atoms with van der Waals surface area (Å²) in [5, 5.41) is 8.90. The van der Waals surface area contributed by atoms with Crippen LogP contribution in [0.5, 0.6) is 0 Å². The van der Waals surface area contributed by atoms with E-state index in [1.54, 1.807) is 0 Å². The van der Waals surface area contributed by atoms with Gasteiger partial charge >= 0.3 is 0 Å². The zero-order valence-corrected chi connectivity index (χ0v) is 12.0. The van der Waals surface area contributed by atoms with Gasteiger partial charge in [0.1, 0.15) is 8.07 Å². The maximum atomic E-state index is 8.90. The molecular weight excluding hydrogens is 236 g/mol. The highest BCUT2D eigenvalue weighted by Gasteiger charge is 2.06. The Balaban J connectivity index is 2.66. The van der Waals surface area contributed by atoms with Crippen molar-refractivity contribution >= 4 is 8.07 Å². The Morgan fingerprint density at radius 3 is 2.11 bits per heavy atom. The van der Waals surface area contributed by atoms with E-state index in [0.29, 0.717) is 0 Å². The second-order valence-electron chi connectivity index (χ2n) is 4.86. The molecule has 0 atom stereocenters. The summed E-state index contributed by atoms with van der Waals surface area (Å²) in [4.78, 5) is 0. The molecule has 0 aromatic heterocycles. The van der Waals surface area contributed by atoms with Crippen LogP contribution in [0.3, 0.4) is 0 Å². The van der Waals surface area contributed by atoms with Crippen molar-refractivity contribution in [1.29, 1.82) is 0 Å². The Morgan fingerprint density at radius 2 is 1.56 bits per heavy atom. The summed E-state index contributed by atoms with van der Waals surface area (Å²) in [5.41, 5.74) is 4.93. The summed E-state index contributed by atoms with van der Waals surface area (Å²) in [6.45, 7) is 6.59. The van der Waals surface area contributed by atoms with Crippen LogP contribution in [0.4, 0.5) is 0 Å². The number of aliphatic hydroxyl groups is 1. The lowest BCUT2D eigenvalue weighted by Gasteiger charge is -2.01. The molecule has 0 amide bonds. The zero-order valence-electron chi connectivity index (χ0n) is 11.0. The third-order valence-corrected chi connectivity index (χ3v) is 2.84. The van der Waals surface area contributed by atoms with Gasteiger partial charge in [-0.25, -0.2) is 0 Å². The van der Waals surface area contributed by atoms with Gasteiger partial charge in [-0.05, 0) is 41.4 Å². The molecule has 90 valence electrons. The Morgan fingerprint density at radius 1 is 0.944 bits per heavy atom. The minimum absolute atomic E-state index is 0.0554. The first-order valence-electron chi connectivity index (χ1n) is 5.74. The van der Waals surface area contributed by atoms with Gasteiger partial charge in [0, 0.05) is 5.56 Å². The molecule has 0 saturated carbocycles. The molecule has 0 saturated heterocycles. The second kappa shape index (κ2) is 6.73. The van der Waals surface area contributed by atoms with Crippen molar-refractivity contribution in [3.8, 4) is 35.1 Å². The van der Waals surface area contributed by atoms with Gasteiger partial charge in [0.2, 0.25) is 0 Å². The highest BCUT2D eigenvalue weighted by Crippen LogP contribution is 2.02. The Bertz CT molecular complexity index is 572. The van der Waals surface area contributed by atoms with E-state index in [1.807, 2.05) is 24.3 Å². The molecule has 1 aromatic rings. The first-order chi connectivity index (χ1) is 8.51. The molecule has 0 fully saturated rings. The fraction of sp³-hybridized carbons (Fsp3) is 0.250. The van der Waals surface area contributed by atoms with E-state index < -0.39 is 8.07 Å². The maximum absolute atomic E-state index is 8.90. The molecule has 0 aliphatic rings. The molecule has 0 heterocycles. The van der Waals surface area contributed by atoms with Gasteiger partial charge in [-0.15, -0.1) is 5.54 Å². The van der Waals surface area contributed by atoms with Gasteiger partial charge in [-0.1, -0.05) is 37.7 Å². The maximum Gasteiger partial charge on any atom is 0.130 e. The molecule has 0 spiro atoms. The third-order valence-electron chi connectivity index (χ3n) is 1.97. The predicted octanol–water partition coefficient (Wildman–Crippen LogP) is 2.41. The quantitative estimate of drug-likeness (QED) is 0.601. The normalized spacial score (nSPS) is 9.11. The molecule has 2 heteroatoms. The largest absolute Gasteiger partial charge is 0.392 e. The SMILES string of the molecule is C[Si](C)(C)C#CC#CC#Cc1ccc(CO)cc1. The smallest absolute Gasteiger partial charge is 0.130 e. The van der Waals surface area contributed by atoms with E-state index in [2.05, 4.69) is 54.8 Å². The van der Waals surface area contributed by atoms with Crippen LogP contribution >= 0.6 is 0 Å². The molecular formula is C16H16OSi. The van der Waals surface area contributed by atoms with Crippen LogP contribution in [-0.4, -0.2) is 13.2 Å². The summed E-state index contributed by atoms with van der Waals surface area (Å²) < 4.78 is 0. The topological polar surface area (TPSA) is 20.2 Å². The van der Waals surface area contributed by atoms with Crippen LogP contribution in [0.25, 0.3) is 0 Å². The zero-order chi connectivity index (χ0) is 13.4. The monoisotopic (exact) mass is 252 g/mol. The average molecular weight is 252 g/mol. The van der Waals surface area contributed by atoms with Crippen molar-refractivity contribution in [2.45, 2.75) is 26.2 Å². The van der Waals surface area contributed by atoms with Crippen LogP contribution < -0.4 is 0 Å².